The number of pyridine rings is 1. The maximum Gasteiger partial charge on any atom is 0.165 e. The number of hydrogen-bond acceptors (Lipinski definition) is 4. The Hall–Kier alpha value is -2.82. The molecule has 5 heteroatoms. The highest BCUT2D eigenvalue weighted by Crippen LogP contribution is 2.25. The molecule has 0 saturated heterocycles. The summed E-state index contributed by atoms with van der Waals surface area (Å²) >= 11 is 0. The third-order valence-electron chi connectivity index (χ3n) is 3.14. The Kier molecular flexibility index (Phi) is 3.31. The number of nitrogens with zero attached hydrogens (tertiary/aromatic N) is 1. The van der Waals surface area contributed by atoms with Crippen molar-refractivity contribution >= 4 is 28.1 Å². The summed E-state index contributed by atoms with van der Waals surface area (Å²) in [6, 6.07) is 13.9. The lowest BCUT2D eigenvalue weighted by atomic mass is 10.2. The lowest BCUT2D eigenvalue weighted by molar-refractivity contribution is 0.387. The van der Waals surface area contributed by atoms with Crippen LogP contribution in [0.4, 0.5) is 21.6 Å². The van der Waals surface area contributed by atoms with Crippen LogP contribution in [0.3, 0.4) is 0 Å². The van der Waals surface area contributed by atoms with Crippen molar-refractivity contribution in [2.24, 2.45) is 0 Å². The minimum absolute atomic E-state index is 0.188. The maximum absolute atomic E-state index is 13.4. The van der Waals surface area contributed by atoms with Gasteiger partial charge in [-0.2, -0.15) is 0 Å². The molecule has 0 aliphatic carbocycles. The van der Waals surface area contributed by atoms with Crippen LogP contribution in [0.2, 0.25) is 0 Å². The number of nitrogens with one attached hydrogen (secondary N) is 1. The molecule has 0 atom stereocenters. The zero-order chi connectivity index (χ0) is 14.8. The number of hydrogen-bond donors (Lipinski definition) is 2. The number of nitrogens with two attached hydrogens (primary N) is 1. The molecule has 0 radical (unpaired) electrons. The Morgan fingerprint density at radius 2 is 1.95 bits per heavy atom. The van der Waals surface area contributed by atoms with Gasteiger partial charge in [-0.1, -0.05) is 0 Å². The fraction of sp³-hybridized carbons (Fsp3) is 0.0625. The van der Waals surface area contributed by atoms with Crippen LogP contribution in [-0.2, 0) is 0 Å². The van der Waals surface area contributed by atoms with Crippen molar-refractivity contribution in [3.8, 4) is 5.75 Å². The summed E-state index contributed by atoms with van der Waals surface area (Å²) in [5.41, 5.74) is 7.98. The molecule has 3 rings (SSSR count). The van der Waals surface area contributed by atoms with E-state index in [0.29, 0.717) is 17.2 Å². The van der Waals surface area contributed by atoms with E-state index in [1.54, 1.807) is 18.2 Å². The SMILES string of the molecule is COc1cc(Nc2ccc3cc(N)ccc3n2)ccc1F. The molecule has 1 aromatic heterocycles. The largest absolute Gasteiger partial charge is 0.494 e. The maximum atomic E-state index is 13.4. The predicted octanol–water partition coefficient (Wildman–Crippen LogP) is 3.71. The van der Waals surface area contributed by atoms with Crippen molar-refractivity contribution in [2.45, 2.75) is 0 Å². The van der Waals surface area contributed by atoms with Crippen LogP contribution in [0.15, 0.2) is 48.5 Å². The topological polar surface area (TPSA) is 60.2 Å². The molecule has 0 spiro atoms. The first kappa shape index (κ1) is 13.2. The molecule has 106 valence electrons. The quantitative estimate of drug-likeness (QED) is 0.719. The minimum Gasteiger partial charge on any atom is -0.494 e. The smallest absolute Gasteiger partial charge is 0.165 e. The number of anilines is 3. The van der Waals surface area contributed by atoms with Crippen molar-refractivity contribution in [3.05, 3.63) is 54.3 Å². The van der Waals surface area contributed by atoms with Gasteiger partial charge in [0.05, 0.1) is 12.6 Å². The lowest BCUT2D eigenvalue weighted by Crippen LogP contribution is -1.96. The van der Waals surface area contributed by atoms with Gasteiger partial charge < -0.3 is 15.8 Å². The molecule has 2 aromatic carbocycles. The molecule has 0 bridgehead atoms. The van der Waals surface area contributed by atoms with Crippen LogP contribution in [0, 0.1) is 5.82 Å². The number of halogens is 1. The summed E-state index contributed by atoms with van der Waals surface area (Å²) in [6.07, 6.45) is 0. The average molecular weight is 283 g/mol. The van der Waals surface area contributed by atoms with Gasteiger partial charge in [0.1, 0.15) is 5.82 Å². The average Bonchev–Trinajstić information content (AvgIpc) is 2.49. The summed E-state index contributed by atoms with van der Waals surface area (Å²) in [5.74, 6) is 0.458. The van der Waals surface area contributed by atoms with Crippen molar-refractivity contribution in [1.82, 2.24) is 4.98 Å². The van der Waals surface area contributed by atoms with Crippen LogP contribution in [-0.4, -0.2) is 12.1 Å². The monoisotopic (exact) mass is 283 g/mol. The van der Waals surface area contributed by atoms with Crippen molar-refractivity contribution < 1.29 is 9.13 Å². The van der Waals surface area contributed by atoms with Crippen LogP contribution in [0.5, 0.6) is 5.75 Å². The molecule has 3 N–H and O–H groups in total. The van der Waals surface area contributed by atoms with Crippen molar-refractivity contribution in [2.75, 3.05) is 18.2 Å². The zero-order valence-corrected chi connectivity index (χ0v) is 11.4. The second-order valence-electron chi connectivity index (χ2n) is 4.62. The number of rotatable bonds is 3. The Labute approximate surface area is 121 Å². The van der Waals surface area contributed by atoms with E-state index in [4.69, 9.17) is 10.5 Å². The van der Waals surface area contributed by atoms with Crippen molar-refractivity contribution in [3.63, 3.8) is 0 Å². The lowest BCUT2D eigenvalue weighted by Gasteiger charge is -2.09. The van der Waals surface area contributed by atoms with Gasteiger partial charge in [-0.15, -0.1) is 0 Å². The van der Waals surface area contributed by atoms with E-state index in [9.17, 15) is 4.39 Å². The highest BCUT2D eigenvalue weighted by molar-refractivity contribution is 5.83. The molecule has 3 aromatic rings. The van der Waals surface area contributed by atoms with Crippen LogP contribution >= 0.6 is 0 Å². The molecule has 4 nitrogen and oxygen atoms in total. The molecule has 1 heterocycles. The highest BCUT2D eigenvalue weighted by Gasteiger charge is 2.05. The van der Waals surface area contributed by atoms with E-state index in [2.05, 4.69) is 10.3 Å². The van der Waals surface area contributed by atoms with Crippen LogP contribution in [0.25, 0.3) is 10.9 Å². The molecular formula is C16H14FN3O. The number of nitrogen functional groups attached to an aromatic ring is 1. The Morgan fingerprint density at radius 3 is 2.76 bits per heavy atom. The first-order valence-electron chi connectivity index (χ1n) is 6.42. The number of fused-ring (bicyclic) bond motifs is 1. The fourth-order valence-electron chi connectivity index (χ4n) is 2.10. The summed E-state index contributed by atoms with van der Waals surface area (Å²) in [7, 11) is 1.43. The molecule has 0 amide bonds. The van der Waals surface area contributed by atoms with Gasteiger partial charge in [0.15, 0.2) is 11.6 Å². The van der Waals surface area contributed by atoms with Crippen LogP contribution in [0.1, 0.15) is 0 Å². The van der Waals surface area contributed by atoms with Gasteiger partial charge in [0, 0.05) is 22.8 Å². The summed E-state index contributed by atoms with van der Waals surface area (Å²) < 4.78 is 18.3. The van der Waals surface area contributed by atoms with Gasteiger partial charge in [-0.3, -0.25) is 0 Å². The van der Waals surface area contributed by atoms with E-state index in [0.717, 1.165) is 10.9 Å². The van der Waals surface area contributed by atoms with E-state index in [1.807, 2.05) is 24.3 Å². The number of benzene rings is 2. The summed E-state index contributed by atoms with van der Waals surface area (Å²) in [4.78, 5) is 4.49. The second-order valence-corrected chi connectivity index (χ2v) is 4.62. The van der Waals surface area contributed by atoms with Gasteiger partial charge in [-0.25, -0.2) is 9.37 Å². The van der Waals surface area contributed by atoms with E-state index in [1.165, 1.54) is 13.2 Å². The molecule has 0 fully saturated rings. The number of ether oxygens (including phenoxy) is 1. The summed E-state index contributed by atoms with van der Waals surface area (Å²) in [6.45, 7) is 0. The predicted molar refractivity (Wildman–Crippen MR) is 82.4 cm³/mol. The number of aromatic nitrogens is 1. The van der Waals surface area contributed by atoms with Crippen molar-refractivity contribution in [1.29, 1.82) is 0 Å². The molecule has 0 unspecified atom stereocenters. The van der Waals surface area contributed by atoms with E-state index in [-0.39, 0.29) is 5.75 Å². The first-order chi connectivity index (χ1) is 10.2. The van der Waals surface area contributed by atoms with Gasteiger partial charge in [-0.05, 0) is 42.5 Å². The number of methoxy groups -OCH3 is 1. The van der Waals surface area contributed by atoms with E-state index >= 15 is 0 Å². The third kappa shape index (κ3) is 2.72. The van der Waals surface area contributed by atoms with Gasteiger partial charge in [0.2, 0.25) is 0 Å². The Morgan fingerprint density at radius 1 is 1.10 bits per heavy atom. The molecule has 21 heavy (non-hydrogen) atoms. The molecular weight excluding hydrogens is 269 g/mol. The van der Waals surface area contributed by atoms with Crippen LogP contribution < -0.4 is 15.8 Å². The van der Waals surface area contributed by atoms with Gasteiger partial charge >= 0.3 is 0 Å². The molecule has 0 aliphatic rings. The fourth-order valence-corrected chi connectivity index (χ4v) is 2.10. The zero-order valence-electron chi connectivity index (χ0n) is 11.4. The highest BCUT2D eigenvalue weighted by atomic mass is 19.1. The first-order valence-corrected chi connectivity index (χ1v) is 6.42. The minimum atomic E-state index is -0.398. The van der Waals surface area contributed by atoms with E-state index < -0.39 is 5.82 Å². The Balaban J connectivity index is 1.92. The molecule has 0 saturated carbocycles. The normalized spacial score (nSPS) is 10.6. The molecule has 0 aliphatic heterocycles. The third-order valence-corrected chi connectivity index (χ3v) is 3.14. The second kappa shape index (κ2) is 5.28. The Bertz CT molecular complexity index is 805. The summed E-state index contributed by atoms with van der Waals surface area (Å²) in [5, 5.41) is 4.09. The van der Waals surface area contributed by atoms with Gasteiger partial charge in [0.25, 0.3) is 0 Å². The standard InChI is InChI=1S/C16H14FN3O/c1-21-15-9-12(4-5-13(15)17)19-16-7-2-10-8-11(18)3-6-14(10)20-16/h2-9H,18H2,1H3,(H,19,20).